The van der Waals surface area contributed by atoms with Crippen LogP contribution in [0.3, 0.4) is 0 Å². The SMILES string of the molecule is Ic1cc(C(I)c2ccccc2)c(I)cc1C(I)c1ccccc1. The van der Waals surface area contributed by atoms with E-state index >= 15 is 0 Å². The lowest BCUT2D eigenvalue weighted by molar-refractivity contribution is 1.13. The van der Waals surface area contributed by atoms with E-state index in [2.05, 4.69) is 163 Å². The standard InChI is InChI=1S/C20H14I4/c21-17-12-16(20(24)14-9-5-2-6-10-14)18(22)11-15(17)19(23)13-7-3-1-4-8-13/h1-12,19-20H. The van der Waals surface area contributed by atoms with Gasteiger partial charge in [-0.05, 0) is 79.6 Å². The molecule has 3 aromatic rings. The molecule has 0 amide bonds. The molecular weight excluding hydrogens is 748 g/mol. The Balaban J connectivity index is 1.97. The largest absolute Gasteiger partial charge is 0.0721 e. The quantitative estimate of drug-likeness (QED) is 0.187. The van der Waals surface area contributed by atoms with Gasteiger partial charge < -0.3 is 0 Å². The minimum atomic E-state index is 0.377. The van der Waals surface area contributed by atoms with E-state index in [0.29, 0.717) is 7.85 Å². The zero-order valence-corrected chi connectivity index (χ0v) is 21.2. The molecule has 0 spiro atoms. The van der Waals surface area contributed by atoms with Gasteiger partial charge >= 0.3 is 0 Å². The Kier molecular flexibility index (Phi) is 7.24. The summed E-state index contributed by atoms with van der Waals surface area (Å²) in [5.74, 6) is 0. The number of rotatable bonds is 4. The highest BCUT2D eigenvalue weighted by Crippen LogP contribution is 2.40. The third kappa shape index (κ3) is 4.46. The minimum absolute atomic E-state index is 0.377. The predicted molar refractivity (Wildman–Crippen MR) is 136 cm³/mol. The zero-order chi connectivity index (χ0) is 17.1. The van der Waals surface area contributed by atoms with Crippen LogP contribution in [0.2, 0.25) is 0 Å². The average Bonchev–Trinajstić information content (AvgIpc) is 2.63. The lowest BCUT2D eigenvalue weighted by atomic mass is 10.0. The molecule has 0 fully saturated rings. The number of hydrogen-bond donors (Lipinski definition) is 0. The maximum absolute atomic E-state index is 2.55. The van der Waals surface area contributed by atoms with Crippen LogP contribution in [0.15, 0.2) is 72.8 Å². The molecule has 0 saturated heterocycles. The van der Waals surface area contributed by atoms with Crippen LogP contribution in [0.1, 0.15) is 30.1 Å². The Bertz CT molecular complexity index is 745. The van der Waals surface area contributed by atoms with Gasteiger partial charge in [0.25, 0.3) is 0 Å². The van der Waals surface area contributed by atoms with Crippen molar-refractivity contribution in [1.29, 1.82) is 0 Å². The van der Waals surface area contributed by atoms with Gasteiger partial charge in [-0.3, -0.25) is 0 Å². The van der Waals surface area contributed by atoms with Crippen molar-refractivity contribution in [3.63, 3.8) is 0 Å². The summed E-state index contributed by atoms with van der Waals surface area (Å²) in [4.78, 5) is 0. The molecule has 3 aromatic carbocycles. The fourth-order valence-corrected chi connectivity index (χ4v) is 7.23. The highest BCUT2D eigenvalue weighted by atomic mass is 127. The lowest BCUT2D eigenvalue weighted by Gasteiger charge is -2.18. The molecule has 0 aromatic heterocycles. The van der Waals surface area contributed by atoms with Gasteiger partial charge in [-0.1, -0.05) is 106 Å². The fraction of sp³-hybridized carbons (Fsp3) is 0.100. The number of halogens is 4. The summed E-state index contributed by atoms with van der Waals surface area (Å²) in [6.45, 7) is 0. The van der Waals surface area contributed by atoms with Gasteiger partial charge in [-0.25, -0.2) is 0 Å². The molecule has 4 heteroatoms. The van der Waals surface area contributed by atoms with Gasteiger partial charge in [0.05, 0.1) is 7.85 Å². The van der Waals surface area contributed by atoms with Crippen LogP contribution in [0.25, 0.3) is 0 Å². The Morgan fingerprint density at radius 2 is 0.875 bits per heavy atom. The van der Waals surface area contributed by atoms with Gasteiger partial charge in [0.1, 0.15) is 0 Å². The molecular formula is C20H14I4. The Hall–Kier alpha value is 0.580. The number of alkyl halides is 2. The molecule has 0 N–H and O–H groups in total. The number of hydrogen-bond acceptors (Lipinski definition) is 0. The second kappa shape index (κ2) is 8.98. The summed E-state index contributed by atoms with van der Waals surface area (Å²) in [5.41, 5.74) is 5.50. The third-order valence-corrected chi connectivity index (χ3v) is 8.50. The van der Waals surface area contributed by atoms with Crippen LogP contribution < -0.4 is 0 Å². The second-order valence-electron chi connectivity index (χ2n) is 5.44. The van der Waals surface area contributed by atoms with Crippen LogP contribution in [0.4, 0.5) is 0 Å². The van der Waals surface area contributed by atoms with Gasteiger partial charge in [-0.2, -0.15) is 0 Å². The highest BCUT2D eigenvalue weighted by molar-refractivity contribution is 14.1. The molecule has 3 rings (SSSR count). The summed E-state index contributed by atoms with van der Waals surface area (Å²) >= 11 is 10.1. The summed E-state index contributed by atoms with van der Waals surface area (Å²) < 4.78 is 3.43. The van der Waals surface area contributed by atoms with E-state index in [9.17, 15) is 0 Å². The molecule has 24 heavy (non-hydrogen) atoms. The summed E-state index contributed by atoms with van der Waals surface area (Å²) in [7, 11) is 0. The molecule has 0 aliphatic carbocycles. The molecule has 2 atom stereocenters. The Morgan fingerprint density at radius 3 is 1.21 bits per heavy atom. The van der Waals surface area contributed by atoms with Crippen LogP contribution in [-0.2, 0) is 0 Å². The third-order valence-electron chi connectivity index (χ3n) is 3.85. The van der Waals surface area contributed by atoms with Gasteiger partial charge in [0, 0.05) is 7.14 Å². The van der Waals surface area contributed by atoms with Crippen molar-refractivity contribution in [2.75, 3.05) is 0 Å². The second-order valence-corrected chi connectivity index (χ2v) is 10.3. The topological polar surface area (TPSA) is 0 Å². The number of benzene rings is 3. The first-order valence-corrected chi connectivity index (χ1v) is 12.1. The molecule has 0 aliphatic heterocycles. The monoisotopic (exact) mass is 762 g/mol. The summed E-state index contributed by atoms with van der Waals surface area (Å²) in [5, 5.41) is 0. The lowest BCUT2D eigenvalue weighted by Crippen LogP contribution is -2.02. The normalized spacial score (nSPS) is 13.5. The van der Waals surface area contributed by atoms with Crippen molar-refractivity contribution in [3.05, 3.63) is 102 Å². The van der Waals surface area contributed by atoms with Crippen molar-refractivity contribution >= 4 is 90.4 Å². The van der Waals surface area contributed by atoms with Crippen LogP contribution >= 0.6 is 90.4 Å². The molecule has 0 bridgehead atoms. The smallest absolute Gasteiger partial charge is 0.0619 e. The summed E-state index contributed by atoms with van der Waals surface area (Å²) in [6, 6.07) is 26.2. The van der Waals surface area contributed by atoms with Crippen molar-refractivity contribution in [2.45, 2.75) is 7.85 Å². The molecule has 2 unspecified atom stereocenters. The summed E-state index contributed by atoms with van der Waals surface area (Å²) in [6.07, 6.45) is 0. The first-order valence-electron chi connectivity index (χ1n) is 7.45. The molecule has 0 aliphatic rings. The van der Waals surface area contributed by atoms with Crippen molar-refractivity contribution in [1.82, 2.24) is 0 Å². The van der Waals surface area contributed by atoms with E-state index < -0.39 is 0 Å². The minimum Gasteiger partial charge on any atom is -0.0721 e. The first kappa shape index (κ1) is 19.3. The predicted octanol–water partition coefficient (Wildman–Crippen LogP) is 7.94. The van der Waals surface area contributed by atoms with Gasteiger partial charge in [-0.15, -0.1) is 0 Å². The molecule has 0 nitrogen and oxygen atoms in total. The van der Waals surface area contributed by atoms with Gasteiger partial charge in [0.15, 0.2) is 0 Å². The van der Waals surface area contributed by atoms with Gasteiger partial charge in [0.2, 0.25) is 0 Å². The molecule has 0 heterocycles. The van der Waals surface area contributed by atoms with E-state index in [4.69, 9.17) is 0 Å². The van der Waals surface area contributed by atoms with Crippen LogP contribution in [0, 0.1) is 7.14 Å². The fourth-order valence-electron chi connectivity index (χ4n) is 2.57. The van der Waals surface area contributed by atoms with Crippen LogP contribution in [0.5, 0.6) is 0 Å². The molecule has 0 radical (unpaired) electrons. The molecule has 0 saturated carbocycles. The van der Waals surface area contributed by atoms with E-state index in [1.54, 1.807) is 0 Å². The Labute approximate surface area is 197 Å². The maximum Gasteiger partial charge on any atom is 0.0619 e. The van der Waals surface area contributed by atoms with E-state index in [1.165, 1.54) is 29.4 Å². The van der Waals surface area contributed by atoms with E-state index in [0.717, 1.165) is 0 Å². The van der Waals surface area contributed by atoms with E-state index in [1.807, 2.05) is 0 Å². The van der Waals surface area contributed by atoms with Crippen LogP contribution in [-0.4, -0.2) is 0 Å². The highest BCUT2D eigenvalue weighted by Gasteiger charge is 2.19. The van der Waals surface area contributed by atoms with E-state index in [-0.39, 0.29) is 0 Å². The van der Waals surface area contributed by atoms with Crippen molar-refractivity contribution in [3.8, 4) is 0 Å². The average molecular weight is 762 g/mol. The zero-order valence-electron chi connectivity index (χ0n) is 12.6. The molecule has 122 valence electrons. The van der Waals surface area contributed by atoms with Crippen molar-refractivity contribution < 1.29 is 0 Å². The van der Waals surface area contributed by atoms with Crippen molar-refractivity contribution in [2.24, 2.45) is 0 Å². The Morgan fingerprint density at radius 1 is 0.542 bits per heavy atom. The maximum atomic E-state index is 2.55. The first-order chi connectivity index (χ1) is 11.6.